The van der Waals surface area contributed by atoms with Crippen LogP contribution < -0.4 is 10.5 Å². The summed E-state index contributed by atoms with van der Waals surface area (Å²) in [6.45, 7) is 2.99. The minimum atomic E-state index is 0.142. The molecule has 1 atom stereocenters. The molecule has 1 unspecified atom stereocenters. The fourth-order valence-electron chi connectivity index (χ4n) is 2.27. The van der Waals surface area contributed by atoms with Crippen molar-refractivity contribution in [1.29, 1.82) is 0 Å². The number of ether oxygens (including phenoxy) is 1. The van der Waals surface area contributed by atoms with Gasteiger partial charge in [0.05, 0.1) is 11.6 Å². The molecule has 2 aromatic rings. The molecular weight excluding hydrogens is 316 g/mol. The molecule has 1 aromatic carbocycles. The molecular formula is C16H21BrN2O. The molecule has 0 saturated carbocycles. The molecule has 0 fully saturated rings. The predicted octanol–water partition coefficient (Wildman–Crippen LogP) is 4.11. The lowest BCUT2D eigenvalue weighted by Crippen LogP contribution is -2.08. The Morgan fingerprint density at radius 2 is 2.15 bits per heavy atom. The molecule has 3 nitrogen and oxygen atoms in total. The number of rotatable bonds is 6. The zero-order valence-corrected chi connectivity index (χ0v) is 13.6. The summed E-state index contributed by atoms with van der Waals surface area (Å²) in [5, 5.41) is 0. The molecule has 0 aliphatic rings. The van der Waals surface area contributed by atoms with Gasteiger partial charge in [-0.3, -0.25) is 0 Å². The summed E-state index contributed by atoms with van der Waals surface area (Å²) < 4.78 is 8.39. The normalized spacial score (nSPS) is 12.4. The van der Waals surface area contributed by atoms with Gasteiger partial charge in [0.2, 0.25) is 0 Å². The molecule has 108 valence electrons. The Hall–Kier alpha value is -1.26. The van der Waals surface area contributed by atoms with Gasteiger partial charge in [-0.05, 0) is 51.7 Å². The van der Waals surface area contributed by atoms with Crippen molar-refractivity contribution < 1.29 is 4.74 Å². The Kier molecular flexibility index (Phi) is 5.26. The summed E-state index contributed by atoms with van der Waals surface area (Å²) in [4.78, 5) is 0. The summed E-state index contributed by atoms with van der Waals surface area (Å²) in [7, 11) is 1.67. The van der Waals surface area contributed by atoms with Crippen molar-refractivity contribution in [3.8, 4) is 5.75 Å². The minimum absolute atomic E-state index is 0.142. The molecule has 0 amide bonds. The van der Waals surface area contributed by atoms with Crippen LogP contribution in [0.4, 0.5) is 0 Å². The maximum atomic E-state index is 6.14. The fraction of sp³-hybridized carbons (Fsp3) is 0.375. The van der Waals surface area contributed by atoms with Crippen LogP contribution in [-0.2, 0) is 6.54 Å². The zero-order valence-electron chi connectivity index (χ0n) is 12.0. The predicted molar refractivity (Wildman–Crippen MR) is 86.1 cm³/mol. The number of methoxy groups -OCH3 is 1. The van der Waals surface area contributed by atoms with Crippen LogP contribution in [0.1, 0.15) is 36.9 Å². The SMILES string of the molecule is CCCC(N)c1ccn(Cc2ccc(OC)c(Br)c2)c1. The summed E-state index contributed by atoms with van der Waals surface area (Å²) in [5.74, 6) is 0.854. The number of halogens is 1. The smallest absolute Gasteiger partial charge is 0.133 e. The second kappa shape index (κ2) is 6.95. The lowest BCUT2D eigenvalue weighted by atomic mass is 10.1. The lowest BCUT2D eigenvalue weighted by Gasteiger charge is -2.09. The van der Waals surface area contributed by atoms with Gasteiger partial charge in [-0.15, -0.1) is 0 Å². The number of hydrogen-bond acceptors (Lipinski definition) is 2. The third-order valence-corrected chi connectivity index (χ3v) is 4.00. The first-order chi connectivity index (χ1) is 9.63. The van der Waals surface area contributed by atoms with E-state index in [2.05, 4.69) is 58.0 Å². The monoisotopic (exact) mass is 336 g/mol. The third kappa shape index (κ3) is 3.64. The molecule has 2 rings (SSSR count). The van der Waals surface area contributed by atoms with Gasteiger partial charge in [-0.1, -0.05) is 19.4 Å². The van der Waals surface area contributed by atoms with Crippen molar-refractivity contribution >= 4 is 15.9 Å². The van der Waals surface area contributed by atoms with E-state index in [9.17, 15) is 0 Å². The minimum Gasteiger partial charge on any atom is -0.496 e. The molecule has 2 N–H and O–H groups in total. The second-order valence-corrected chi connectivity index (χ2v) is 5.84. The van der Waals surface area contributed by atoms with Crippen molar-refractivity contribution in [2.24, 2.45) is 5.73 Å². The number of hydrogen-bond donors (Lipinski definition) is 1. The molecule has 0 spiro atoms. The molecule has 0 saturated heterocycles. The molecule has 0 aliphatic heterocycles. The van der Waals surface area contributed by atoms with Gasteiger partial charge in [0.1, 0.15) is 5.75 Å². The topological polar surface area (TPSA) is 40.2 Å². The van der Waals surface area contributed by atoms with Crippen LogP contribution in [0.2, 0.25) is 0 Å². The lowest BCUT2D eigenvalue weighted by molar-refractivity contribution is 0.412. The molecule has 20 heavy (non-hydrogen) atoms. The molecule has 0 aliphatic carbocycles. The maximum Gasteiger partial charge on any atom is 0.133 e. The summed E-state index contributed by atoms with van der Waals surface area (Å²) >= 11 is 3.52. The van der Waals surface area contributed by atoms with Crippen LogP contribution in [-0.4, -0.2) is 11.7 Å². The van der Waals surface area contributed by atoms with E-state index in [1.54, 1.807) is 7.11 Å². The van der Waals surface area contributed by atoms with Gasteiger partial charge in [-0.25, -0.2) is 0 Å². The van der Waals surface area contributed by atoms with Crippen molar-refractivity contribution in [3.63, 3.8) is 0 Å². The van der Waals surface area contributed by atoms with Crippen LogP contribution in [0.15, 0.2) is 41.1 Å². The highest BCUT2D eigenvalue weighted by Crippen LogP contribution is 2.26. The van der Waals surface area contributed by atoms with Crippen LogP contribution in [0.5, 0.6) is 5.75 Å². The zero-order chi connectivity index (χ0) is 14.5. The number of nitrogens with two attached hydrogens (primary N) is 1. The Morgan fingerprint density at radius 3 is 2.80 bits per heavy atom. The second-order valence-electron chi connectivity index (χ2n) is 4.98. The van der Waals surface area contributed by atoms with Gasteiger partial charge in [0.15, 0.2) is 0 Å². The Morgan fingerprint density at radius 1 is 1.35 bits per heavy atom. The molecule has 1 aromatic heterocycles. The van der Waals surface area contributed by atoms with Gasteiger partial charge in [0, 0.05) is 25.0 Å². The maximum absolute atomic E-state index is 6.14. The van der Waals surface area contributed by atoms with Gasteiger partial charge in [0.25, 0.3) is 0 Å². The van der Waals surface area contributed by atoms with Gasteiger partial charge >= 0.3 is 0 Å². The van der Waals surface area contributed by atoms with Crippen LogP contribution >= 0.6 is 15.9 Å². The van der Waals surface area contributed by atoms with Crippen LogP contribution in [0.3, 0.4) is 0 Å². The van der Waals surface area contributed by atoms with E-state index < -0.39 is 0 Å². The van der Waals surface area contributed by atoms with E-state index in [4.69, 9.17) is 10.5 Å². The first-order valence-corrected chi connectivity index (χ1v) is 7.67. The number of nitrogens with zero attached hydrogens (tertiary/aromatic N) is 1. The first kappa shape index (κ1) is 15.1. The van der Waals surface area contributed by atoms with E-state index >= 15 is 0 Å². The molecule has 0 bridgehead atoms. The van der Waals surface area contributed by atoms with E-state index in [0.717, 1.165) is 29.6 Å². The average Bonchev–Trinajstić information content (AvgIpc) is 2.88. The summed E-state index contributed by atoms with van der Waals surface area (Å²) in [6, 6.07) is 8.40. The third-order valence-electron chi connectivity index (χ3n) is 3.38. The standard InChI is InChI=1S/C16H21BrN2O/c1-3-4-15(18)13-7-8-19(11-13)10-12-5-6-16(20-2)14(17)9-12/h5-9,11,15H,3-4,10,18H2,1-2H3. The van der Waals surface area contributed by atoms with Gasteiger partial charge < -0.3 is 15.0 Å². The van der Waals surface area contributed by atoms with Crippen LogP contribution in [0, 0.1) is 0 Å². The highest BCUT2D eigenvalue weighted by molar-refractivity contribution is 9.10. The van der Waals surface area contributed by atoms with Crippen LogP contribution in [0.25, 0.3) is 0 Å². The Labute approximate surface area is 128 Å². The quantitative estimate of drug-likeness (QED) is 0.862. The van der Waals surface area contributed by atoms with E-state index in [-0.39, 0.29) is 6.04 Å². The fourth-order valence-corrected chi connectivity index (χ4v) is 2.86. The number of aromatic nitrogens is 1. The summed E-state index contributed by atoms with van der Waals surface area (Å²) in [5.41, 5.74) is 8.57. The molecule has 1 heterocycles. The summed E-state index contributed by atoms with van der Waals surface area (Å²) in [6.07, 6.45) is 6.36. The van der Waals surface area contributed by atoms with E-state index in [1.165, 1.54) is 11.1 Å². The Balaban J connectivity index is 2.08. The van der Waals surface area contributed by atoms with Crippen molar-refractivity contribution in [1.82, 2.24) is 4.57 Å². The largest absolute Gasteiger partial charge is 0.496 e. The van der Waals surface area contributed by atoms with E-state index in [0.29, 0.717) is 0 Å². The molecule has 0 radical (unpaired) electrons. The van der Waals surface area contributed by atoms with Crippen molar-refractivity contribution in [2.45, 2.75) is 32.4 Å². The highest BCUT2D eigenvalue weighted by atomic mass is 79.9. The van der Waals surface area contributed by atoms with Crippen molar-refractivity contribution in [3.05, 3.63) is 52.3 Å². The number of benzene rings is 1. The van der Waals surface area contributed by atoms with E-state index in [1.807, 2.05) is 6.07 Å². The highest BCUT2D eigenvalue weighted by Gasteiger charge is 2.07. The Bertz CT molecular complexity index is 565. The average molecular weight is 337 g/mol. The van der Waals surface area contributed by atoms with Gasteiger partial charge in [-0.2, -0.15) is 0 Å². The molecule has 4 heteroatoms. The first-order valence-electron chi connectivity index (χ1n) is 6.87. The van der Waals surface area contributed by atoms with Crippen molar-refractivity contribution in [2.75, 3.05) is 7.11 Å².